The maximum atomic E-state index is 11.2. The molecule has 0 fully saturated rings. The molecule has 0 radical (unpaired) electrons. The summed E-state index contributed by atoms with van der Waals surface area (Å²) in [7, 11) is -4.09. The minimum atomic E-state index is -4.09. The van der Waals surface area contributed by atoms with Crippen LogP contribution in [-0.2, 0) is 13.6 Å². The van der Waals surface area contributed by atoms with E-state index in [1.807, 2.05) is 20.8 Å². The van der Waals surface area contributed by atoms with Crippen LogP contribution in [0.5, 0.6) is 0 Å². The maximum Gasteiger partial charge on any atom is 0.272 e. The van der Waals surface area contributed by atoms with Gasteiger partial charge in [0.2, 0.25) is 0 Å². The third kappa shape index (κ3) is 5.09. The predicted molar refractivity (Wildman–Crippen MR) is 57.1 cm³/mol. The van der Waals surface area contributed by atoms with Crippen LogP contribution in [-0.4, -0.2) is 37.5 Å². The van der Waals surface area contributed by atoms with Crippen molar-refractivity contribution >= 4 is 7.82 Å². The summed E-state index contributed by atoms with van der Waals surface area (Å²) >= 11 is 0. The van der Waals surface area contributed by atoms with Crippen LogP contribution in [0.15, 0.2) is 0 Å². The normalized spacial score (nSPS) is 16.3. The van der Waals surface area contributed by atoms with Gasteiger partial charge in [-0.1, -0.05) is 0 Å². The molecule has 0 aliphatic rings. The molecule has 0 aliphatic heterocycles. The number of phosphoric ester groups is 1. The molecule has 92 valence electrons. The summed E-state index contributed by atoms with van der Waals surface area (Å²) in [5, 5.41) is 0. The van der Waals surface area contributed by atoms with Gasteiger partial charge in [-0.05, 0) is 27.7 Å². The van der Waals surface area contributed by atoms with E-state index in [2.05, 4.69) is 4.52 Å². The van der Waals surface area contributed by atoms with Crippen molar-refractivity contribution in [2.45, 2.75) is 27.7 Å². The van der Waals surface area contributed by atoms with Crippen molar-refractivity contribution < 1.29 is 23.0 Å². The molecular weight excluding hydrogens is 217 g/mol. The second-order valence-corrected chi connectivity index (χ2v) is 4.82. The van der Waals surface area contributed by atoms with Gasteiger partial charge in [0, 0.05) is 0 Å². The summed E-state index contributed by atoms with van der Waals surface area (Å²) in [6, 6.07) is 0. The van der Waals surface area contributed by atoms with Crippen LogP contribution < -0.4 is 4.89 Å². The molecule has 0 amide bonds. The van der Waals surface area contributed by atoms with E-state index in [1.54, 1.807) is 6.92 Å². The average Bonchev–Trinajstić information content (AvgIpc) is 2.21. The largest absolute Gasteiger partial charge is 0.756 e. The smallest absolute Gasteiger partial charge is 0.272 e. The van der Waals surface area contributed by atoms with Crippen LogP contribution in [0.2, 0.25) is 0 Å². The van der Waals surface area contributed by atoms with Crippen LogP contribution in [0.4, 0.5) is 0 Å². The minimum Gasteiger partial charge on any atom is -0.756 e. The molecular formula is C9H22NO4P. The van der Waals surface area contributed by atoms with Crippen molar-refractivity contribution in [1.82, 2.24) is 0 Å². The Morgan fingerprint density at radius 1 is 1.07 bits per heavy atom. The summed E-state index contributed by atoms with van der Waals surface area (Å²) < 4.78 is 21.2. The first-order valence-electron chi connectivity index (χ1n) is 5.40. The van der Waals surface area contributed by atoms with Gasteiger partial charge in [-0.25, -0.2) is 0 Å². The van der Waals surface area contributed by atoms with Gasteiger partial charge in [0.15, 0.2) is 6.73 Å². The highest BCUT2D eigenvalue weighted by atomic mass is 31.2. The molecule has 6 heteroatoms. The number of quaternary nitrogens is 1. The molecule has 0 heterocycles. The Labute approximate surface area is 92.2 Å². The van der Waals surface area contributed by atoms with Gasteiger partial charge in [-0.2, -0.15) is 0 Å². The summed E-state index contributed by atoms with van der Waals surface area (Å²) in [5.41, 5.74) is 0. The Hall–Kier alpha value is 0.0700. The third-order valence-electron chi connectivity index (χ3n) is 2.79. The molecule has 1 atom stereocenters. The predicted octanol–water partition coefficient (Wildman–Crippen LogP) is 1.34. The van der Waals surface area contributed by atoms with Crippen molar-refractivity contribution in [2.75, 3.05) is 33.0 Å². The van der Waals surface area contributed by atoms with E-state index < -0.39 is 7.82 Å². The van der Waals surface area contributed by atoms with Gasteiger partial charge in [0.05, 0.1) is 26.2 Å². The van der Waals surface area contributed by atoms with Gasteiger partial charge in [0.1, 0.15) is 0 Å². The topological polar surface area (TPSA) is 58.6 Å². The van der Waals surface area contributed by atoms with Crippen molar-refractivity contribution in [3.8, 4) is 0 Å². The summed E-state index contributed by atoms with van der Waals surface area (Å²) in [6.07, 6.45) is 0. The molecule has 0 saturated carbocycles. The standard InChI is InChI=1S/C9H22NO4P/c1-5-10(6-2,7-3)9-14-15(11,12)13-8-4/h5-9H2,1-4H3. The first-order chi connectivity index (χ1) is 6.95. The monoisotopic (exact) mass is 239 g/mol. The zero-order valence-corrected chi connectivity index (χ0v) is 11.0. The van der Waals surface area contributed by atoms with Gasteiger partial charge < -0.3 is 13.9 Å². The zero-order valence-electron chi connectivity index (χ0n) is 10.1. The molecule has 0 aromatic carbocycles. The molecule has 0 aromatic heterocycles. The number of hydrogen-bond acceptors (Lipinski definition) is 4. The van der Waals surface area contributed by atoms with E-state index in [0.29, 0.717) is 4.48 Å². The molecule has 0 bridgehead atoms. The van der Waals surface area contributed by atoms with E-state index in [-0.39, 0.29) is 13.3 Å². The summed E-state index contributed by atoms with van der Waals surface area (Å²) in [6.45, 7) is 10.5. The first kappa shape index (κ1) is 15.1. The van der Waals surface area contributed by atoms with Gasteiger partial charge >= 0.3 is 0 Å². The van der Waals surface area contributed by atoms with Gasteiger partial charge in [-0.3, -0.25) is 9.09 Å². The fourth-order valence-electron chi connectivity index (χ4n) is 1.33. The molecule has 0 rings (SSSR count). The number of rotatable bonds is 8. The van der Waals surface area contributed by atoms with Crippen molar-refractivity contribution in [1.29, 1.82) is 0 Å². The molecule has 0 aromatic rings. The molecule has 0 spiro atoms. The van der Waals surface area contributed by atoms with E-state index >= 15 is 0 Å². The minimum absolute atomic E-state index is 0.116. The Kier molecular flexibility index (Phi) is 6.64. The van der Waals surface area contributed by atoms with Crippen molar-refractivity contribution in [2.24, 2.45) is 0 Å². The summed E-state index contributed by atoms with van der Waals surface area (Å²) in [4.78, 5) is 11.2. The molecule has 0 aliphatic carbocycles. The van der Waals surface area contributed by atoms with Crippen LogP contribution in [0.25, 0.3) is 0 Å². The highest BCUT2D eigenvalue weighted by Crippen LogP contribution is 2.38. The SMILES string of the molecule is CCOP(=O)([O-])OC[N+](CC)(CC)CC. The molecule has 0 N–H and O–H groups in total. The van der Waals surface area contributed by atoms with Crippen LogP contribution >= 0.6 is 7.82 Å². The fourth-order valence-corrected chi connectivity index (χ4v) is 2.11. The molecule has 15 heavy (non-hydrogen) atoms. The number of phosphoric acid groups is 1. The molecule has 5 nitrogen and oxygen atoms in total. The lowest BCUT2D eigenvalue weighted by Gasteiger charge is -2.36. The second kappa shape index (κ2) is 6.61. The molecule has 1 unspecified atom stereocenters. The lowest BCUT2D eigenvalue weighted by Crippen LogP contribution is -2.49. The van der Waals surface area contributed by atoms with Crippen molar-refractivity contribution in [3.05, 3.63) is 0 Å². The van der Waals surface area contributed by atoms with Crippen LogP contribution in [0, 0.1) is 0 Å². The Morgan fingerprint density at radius 2 is 1.53 bits per heavy atom. The van der Waals surface area contributed by atoms with E-state index in [1.165, 1.54) is 0 Å². The lowest BCUT2D eigenvalue weighted by molar-refractivity contribution is -0.938. The van der Waals surface area contributed by atoms with E-state index in [9.17, 15) is 9.46 Å². The molecule has 0 saturated heterocycles. The average molecular weight is 239 g/mol. The first-order valence-corrected chi connectivity index (χ1v) is 6.86. The zero-order chi connectivity index (χ0) is 11.9. The second-order valence-electron chi connectivity index (χ2n) is 3.41. The van der Waals surface area contributed by atoms with Crippen molar-refractivity contribution in [3.63, 3.8) is 0 Å². The van der Waals surface area contributed by atoms with E-state index in [0.717, 1.165) is 19.6 Å². The number of nitrogens with zero attached hydrogens (tertiary/aromatic N) is 1. The van der Waals surface area contributed by atoms with Gasteiger partial charge in [-0.15, -0.1) is 0 Å². The Bertz CT molecular complexity index is 210. The van der Waals surface area contributed by atoms with E-state index in [4.69, 9.17) is 4.52 Å². The summed E-state index contributed by atoms with van der Waals surface area (Å²) in [5.74, 6) is 0. The Morgan fingerprint density at radius 3 is 1.87 bits per heavy atom. The quantitative estimate of drug-likeness (QED) is 0.364. The number of hydrogen-bond donors (Lipinski definition) is 0. The van der Waals surface area contributed by atoms with Crippen LogP contribution in [0.1, 0.15) is 27.7 Å². The van der Waals surface area contributed by atoms with Gasteiger partial charge in [0.25, 0.3) is 7.82 Å². The highest BCUT2D eigenvalue weighted by Gasteiger charge is 2.23. The lowest BCUT2D eigenvalue weighted by atomic mass is 10.4. The maximum absolute atomic E-state index is 11.2. The fraction of sp³-hybridized carbons (Fsp3) is 1.00. The third-order valence-corrected chi connectivity index (χ3v) is 3.80. The Balaban J connectivity index is 4.27. The highest BCUT2D eigenvalue weighted by molar-refractivity contribution is 7.45. The van der Waals surface area contributed by atoms with Crippen LogP contribution in [0.3, 0.4) is 0 Å².